The minimum absolute atomic E-state index is 0.172. The molecule has 5 heteroatoms. The summed E-state index contributed by atoms with van der Waals surface area (Å²) in [5.41, 5.74) is -0.760. The fourth-order valence-corrected chi connectivity index (χ4v) is 1.90. The highest BCUT2D eigenvalue weighted by molar-refractivity contribution is 7.80. The topological polar surface area (TPSA) is 40.6 Å². The van der Waals surface area contributed by atoms with Crippen molar-refractivity contribution in [3.63, 3.8) is 0 Å². The van der Waals surface area contributed by atoms with Crippen LogP contribution in [-0.2, 0) is 4.79 Å². The van der Waals surface area contributed by atoms with E-state index >= 15 is 0 Å². The van der Waals surface area contributed by atoms with Gasteiger partial charge in [-0.15, -0.1) is 0 Å². The SMILES string of the molecule is CCN1C(=O)N(C)C(=O)C1(C)CS. The van der Waals surface area contributed by atoms with E-state index in [2.05, 4.69) is 12.6 Å². The summed E-state index contributed by atoms with van der Waals surface area (Å²) in [6.45, 7) is 4.13. The van der Waals surface area contributed by atoms with Crippen LogP contribution in [0, 0.1) is 0 Å². The largest absolute Gasteiger partial charge is 0.327 e. The number of nitrogens with zero attached hydrogens (tertiary/aromatic N) is 2. The van der Waals surface area contributed by atoms with E-state index in [1.54, 1.807) is 11.8 Å². The molecule has 0 saturated carbocycles. The Morgan fingerprint density at radius 1 is 1.46 bits per heavy atom. The number of carbonyl (C=O) groups excluding carboxylic acids is 2. The summed E-state index contributed by atoms with van der Waals surface area (Å²) < 4.78 is 0. The van der Waals surface area contributed by atoms with Gasteiger partial charge in [0.2, 0.25) is 0 Å². The van der Waals surface area contributed by atoms with Crippen LogP contribution < -0.4 is 0 Å². The van der Waals surface area contributed by atoms with E-state index in [1.807, 2.05) is 6.92 Å². The lowest BCUT2D eigenvalue weighted by molar-refractivity contribution is -0.130. The third-order valence-electron chi connectivity index (χ3n) is 2.50. The maximum absolute atomic E-state index is 11.7. The lowest BCUT2D eigenvalue weighted by atomic mass is 10.0. The smallest absolute Gasteiger partial charge is 0.309 e. The second-order valence-electron chi connectivity index (χ2n) is 3.32. The maximum Gasteiger partial charge on any atom is 0.327 e. The number of hydrogen-bond acceptors (Lipinski definition) is 3. The first-order valence-corrected chi connectivity index (χ1v) is 4.83. The Morgan fingerprint density at radius 2 is 2.00 bits per heavy atom. The summed E-state index contributed by atoms with van der Waals surface area (Å²) in [6.07, 6.45) is 0. The average Bonchev–Trinajstić information content (AvgIpc) is 2.29. The van der Waals surface area contributed by atoms with Crippen LogP contribution in [0.4, 0.5) is 4.79 Å². The Labute approximate surface area is 83.3 Å². The summed E-state index contributed by atoms with van der Waals surface area (Å²) in [7, 11) is 1.50. The van der Waals surface area contributed by atoms with Crippen LogP contribution in [0.25, 0.3) is 0 Å². The lowest BCUT2D eigenvalue weighted by Crippen LogP contribution is -2.48. The fourth-order valence-electron chi connectivity index (χ4n) is 1.59. The van der Waals surface area contributed by atoms with Crippen LogP contribution in [0.1, 0.15) is 13.8 Å². The molecule has 1 aliphatic rings. The molecule has 3 amide bonds. The Balaban J connectivity index is 3.08. The molecule has 1 fully saturated rings. The van der Waals surface area contributed by atoms with Gasteiger partial charge in [0, 0.05) is 19.3 Å². The van der Waals surface area contributed by atoms with Gasteiger partial charge in [0.15, 0.2) is 0 Å². The number of carbonyl (C=O) groups is 2. The van der Waals surface area contributed by atoms with Gasteiger partial charge in [-0.2, -0.15) is 12.6 Å². The molecule has 0 radical (unpaired) electrons. The first-order chi connectivity index (χ1) is 5.99. The van der Waals surface area contributed by atoms with E-state index in [1.165, 1.54) is 7.05 Å². The van der Waals surface area contributed by atoms with E-state index in [-0.39, 0.29) is 11.9 Å². The van der Waals surface area contributed by atoms with Crippen molar-refractivity contribution in [2.75, 3.05) is 19.3 Å². The molecule has 74 valence electrons. The molecule has 0 aromatic carbocycles. The molecule has 1 heterocycles. The van der Waals surface area contributed by atoms with Crippen LogP contribution in [0.2, 0.25) is 0 Å². The van der Waals surface area contributed by atoms with Gasteiger partial charge in [0.05, 0.1) is 0 Å². The van der Waals surface area contributed by atoms with Gasteiger partial charge in [-0.25, -0.2) is 4.79 Å². The van der Waals surface area contributed by atoms with Gasteiger partial charge in [-0.3, -0.25) is 9.69 Å². The van der Waals surface area contributed by atoms with E-state index in [0.717, 1.165) is 4.90 Å². The van der Waals surface area contributed by atoms with Crippen molar-refractivity contribution in [3.05, 3.63) is 0 Å². The number of urea groups is 1. The van der Waals surface area contributed by atoms with Gasteiger partial charge in [0.1, 0.15) is 5.54 Å². The third-order valence-corrected chi connectivity index (χ3v) is 3.12. The molecular formula is C8H14N2O2S. The number of thiol groups is 1. The van der Waals surface area contributed by atoms with E-state index in [0.29, 0.717) is 12.3 Å². The highest BCUT2D eigenvalue weighted by Gasteiger charge is 2.51. The van der Waals surface area contributed by atoms with Gasteiger partial charge in [-0.1, -0.05) is 0 Å². The lowest BCUT2D eigenvalue weighted by Gasteiger charge is -2.28. The third kappa shape index (κ3) is 1.22. The van der Waals surface area contributed by atoms with Gasteiger partial charge < -0.3 is 4.90 Å². The summed E-state index contributed by atoms with van der Waals surface area (Å²) >= 11 is 4.11. The molecule has 0 aliphatic carbocycles. The minimum Gasteiger partial charge on any atom is -0.309 e. The Morgan fingerprint density at radius 3 is 2.31 bits per heavy atom. The van der Waals surface area contributed by atoms with Gasteiger partial charge in [0.25, 0.3) is 5.91 Å². The van der Waals surface area contributed by atoms with Crippen molar-refractivity contribution < 1.29 is 9.59 Å². The average molecular weight is 202 g/mol. The minimum atomic E-state index is -0.760. The van der Waals surface area contributed by atoms with E-state index in [4.69, 9.17) is 0 Å². The zero-order valence-electron chi connectivity index (χ0n) is 8.07. The number of amides is 3. The van der Waals surface area contributed by atoms with Crippen molar-refractivity contribution in [1.29, 1.82) is 0 Å². The summed E-state index contributed by atoms with van der Waals surface area (Å²) in [4.78, 5) is 25.9. The molecule has 1 aliphatic heterocycles. The van der Waals surface area contributed by atoms with Crippen LogP contribution in [0.5, 0.6) is 0 Å². The predicted molar refractivity (Wildman–Crippen MR) is 52.8 cm³/mol. The van der Waals surface area contributed by atoms with E-state index in [9.17, 15) is 9.59 Å². The molecule has 13 heavy (non-hydrogen) atoms. The molecule has 0 bridgehead atoms. The molecule has 0 aromatic rings. The molecule has 4 nitrogen and oxygen atoms in total. The molecule has 0 spiro atoms. The second kappa shape index (κ2) is 3.21. The van der Waals surface area contributed by atoms with E-state index < -0.39 is 5.54 Å². The van der Waals surface area contributed by atoms with Crippen molar-refractivity contribution in [2.24, 2.45) is 0 Å². The second-order valence-corrected chi connectivity index (χ2v) is 3.64. The Kier molecular flexibility index (Phi) is 2.56. The highest BCUT2D eigenvalue weighted by Crippen LogP contribution is 2.27. The quantitative estimate of drug-likeness (QED) is 0.526. The molecule has 1 atom stereocenters. The normalized spacial score (nSPS) is 28.9. The number of rotatable bonds is 2. The maximum atomic E-state index is 11.7. The van der Waals surface area contributed by atoms with Crippen molar-refractivity contribution in [2.45, 2.75) is 19.4 Å². The van der Waals surface area contributed by atoms with Crippen LogP contribution in [0.15, 0.2) is 0 Å². The summed E-state index contributed by atoms with van der Waals surface area (Å²) in [5.74, 6) is 0.185. The summed E-state index contributed by atoms with van der Waals surface area (Å²) in [6, 6.07) is -0.232. The summed E-state index contributed by atoms with van der Waals surface area (Å²) in [5, 5.41) is 0. The van der Waals surface area contributed by atoms with Crippen molar-refractivity contribution in [3.8, 4) is 0 Å². The Bertz CT molecular complexity index is 257. The first kappa shape index (κ1) is 10.4. The van der Waals surface area contributed by atoms with Gasteiger partial charge in [-0.05, 0) is 13.8 Å². The molecule has 1 unspecified atom stereocenters. The number of hydrogen-bond donors (Lipinski definition) is 1. The molecule has 1 rings (SSSR count). The molecule has 1 saturated heterocycles. The predicted octanol–water partition coefficient (Wildman–Crippen LogP) is 0.589. The zero-order valence-corrected chi connectivity index (χ0v) is 8.97. The standard InChI is InChI=1S/C8H14N2O2S/c1-4-10-7(12)9(3)6(11)8(10,2)5-13/h13H,4-5H2,1-3H3. The van der Waals surface area contributed by atoms with Crippen LogP contribution in [-0.4, -0.2) is 46.6 Å². The van der Waals surface area contributed by atoms with Crippen molar-refractivity contribution >= 4 is 24.6 Å². The number of likely N-dealkylation sites (N-methyl/N-ethyl adjacent to an activating group) is 2. The van der Waals surface area contributed by atoms with Crippen molar-refractivity contribution in [1.82, 2.24) is 9.80 Å². The molecule has 0 aromatic heterocycles. The fraction of sp³-hybridized carbons (Fsp3) is 0.750. The Hall–Kier alpha value is -0.710. The van der Waals surface area contributed by atoms with Crippen LogP contribution >= 0.6 is 12.6 Å². The van der Waals surface area contributed by atoms with Gasteiger partial charge >= 0.3 is 6.03 Å². The monoisotopic (exact) mass is 202 g/mol. The zero-order chi connectivity index (χ0) is 10.2. The highest BCUT2D eigenvalue weighted by atomic mass is 32.1. The van der Waals surface area contributed by atoms with Crippen LogP contribution in [0.3, 0.4) is 0 Å². The number of imide groups is 1. The molecular weight excluding hydrogens is 188 g/mol. The molecule has 0 N–H and O–H groups in total. The first-order valence-electron chi connectivity index (χ1n) is 4.19.